The highest BCUT2D eigenvalue weighted by molar-refractivity contribution is 6.31. The second kappa shape index (κ2) is 7.23. The van der Waals surface area contributed by atoms with Gasteiger partial charge in [-0.2, -0.15) is 0 Å². The van der Waals surface area contributed by atoms with Gasteiger partial charge in [0.1, 0.15) is 5.82 Å². The smallest absolute Gasteiger partial charge is 0.296 e. The molecule has 1 saturated carbocycles. The summed E-state index contributed by atoms with van der Waals surface area (Å²) in [5, 5.41) is 4.06. The molecule has 1 aromatic carbocycles. The standard InChI is InChI=1S/C17H18ClF3N2O2/c18-13-2-1-3-14(19)12(13)4-5-15-22-25-16(24)23(15)10-11-6-8-17(20,21)9-7-11/h1-3,11H,4-10H2. The number of benzene rings is 1. The van der Waals surface area contributed by atoms with Crippen molar-refractivity contribution in [2.75, 3.05) is 0 Å². The third-order valence-corrected chi connectivity index (χ3v) is 5.05. The molecule has 0 unspecified atom stereocenters. The summed E-state index contributed by atoms with van der Waals surface area (Å²) in [5.74, 6) is -3.29. The van der Waals surface area contributed by atoms with Gasteiger partial charge in [0.2, 0.25) is 5.92 Å². The highest BCUT2D eigenvalue weighted by Crippen LogP contribution is 2.36. The highest BCUT2D eigenvalue weighted by atomic mass is 35.5. The first-order valence-electron chi connectivity index (χ1n) is 8.22. The SMILES string of the molecule is O=c1onc(CCc2c(F)cccc2Cl)n1CC1CCC(F)(F)CC1. The molecule has 8 heteroatoms. The van der Waals surface area contributed by atoms with Crippen LogP contribution in [0.15, 0.2) is 27.5 Å². The Hall–Kier alpha value is -1.76. The molecule has 1 aliphatic rings. The Morgan fingerprint density at radius 1 is 1.28 bits per heavy atom. The second-order valence-electron chi connectivity index (χ2n) is 6.47. The van der Waals surface area contributed by atoms with Gasteiger partial charge in [0.25, 0.3) is 0 Å². The number of nitrogens with zero attached hydrogens (tertiary/aromatic N) is 2. The first-order chi connectivity index (χ1) is 11.9. The van der Waals surface area contributed by atoms with Gasteiger partial charge in [0.15, 0.2) is 5.82 Å². The van der Waals surface area contributed by atoms with Crippen LogP contribution in [0.1, 0.15) is 37.1 Å². The van der Waals surface area contributed by atoms with Gasteiger partial charge in [-0.3, -0.25) is 9.09 Å². The number of aryl methyl sites for hydroxylation is 1. The minimum atomic E-state index is -2.61. The molecule has 0 amide bonds. The Kier molecular flexibility index (Phi) is 5.22. The molecule has 1 fully saturated rings. The molecule has 0 radical (unpaired) electrons. The van der Waals surface area contributed by atoms with Crippen LogP contribution in [0.3, 0.4) is 0 Å². The molecule has 0 N–H and O–H groups in total. The van der Waals surface area contributed by atoms with Gasteiger partial charge < -0.3 is 0 Å². The maximum Gasteiger partial charge on any atom is 0.441 e. The van der Waals surface area contributed by atoms with Crippen LogP contribution in [0.5, 0.6) is 0 Å². The summed E-state index contributed by atoms with van der Waals surface area (Å²) in [6.45, 7) is 0.290. The van der Waals surface area contributed by atoms with E-state index in [0.29, 0.717) is 35.8 Å². The summed E-state index contributed by atoms with van der Waals surface area (Å²) >= 11 is 6.00. The first kappa shape index (κ1) is 18.0. The van der Waals surface area contributed by atoms with Crippen molar-refractivity contribution in [3.05, 3.63) is 51.0 Å². The molecule has 2 aromatic rings. The summed E-state index contributed by atoms with van der Waals surface area (Å²) < 4.78 is 46.4. The molecular weight excluding hydrogens is 357 g/mol. The molecule has 0 aliphatic heterocycles. The molecule has 4 nitrogen and oxygen atoms in total. The lowest BCUT2D eigenvalue weighted by atomic mass is 9.87. The van der Waals surface area contributed by atoms with Crippen molar-refractivity contribution in [1.29, 1.82) is 0 Å². The van der Waals surface area contributed by atoms with Gasteiger partial charge in [-0.1, -0.05) is 22.8 Å². The van der Waals surface area contributed by atoms with Crippen molar-refractivity contribution in [3.8, 4) is 0 Å². The lowest BCUT2D eigenvalue weighted by Gasteiger charge is -2.28. The molecule has 0 saturated heterocycles. The zero-order chi connectivity index (χ0) is 18.0. The van der Waals surface area contributed by atoms with E-state index in [1.54, 1.807) is 6.07 Å². The van der Waals surface area contributed by atoms with E-state index < -0.39 is 17.5 Å². The molecule has 0 bridgehead atoms. The largest absolute Gasteiger partial charge is 0.441 e. The second-order valence-corrected chi connectivity index (χ2v) is 6.88. The minimum absolute atomic E-state index is 0.0208. The van der Waals surface area contributed by atoms with Gasteiger partial charge >= 0.3 is 5.76 Å². The van der Waals surface area contributed by atoms with E-state index in [0.717, 1.165) is 0 Å². The predicted molar refractivity (Wildman–Crippen MR) is 86.5 cm³/mol. The van der Waals surface area contributed by atoms with E-state index in [9.17, 15) is 18.0 Å². The number of alkyl halides is 2. The number of rotatable bonds is 5. The van der Waals surface area contributed by atoms with Crippen LogP contribution in [0.25, 0.3) is 0 Å². The van der Waals surface area contributed by atoms with Crippen molar-refractivity contribution in [2.24, 2.45) is 5.92 Å². The van der Waals surface area contributed by atoms with E-state index >= 15 is 0 Å². The van der Waals surface area contributed by atoms with Gasteiger partial charge in [-0.25, -0.2) is 18.0 Å². The molecule has 0 atom stereocenters. The van der Waals surface area contributed by atoms with Crippen LogP contribution in [-0.2, 0) is 19.4 Å². The first-order valence-corrected chi connectivity index (χ1v) is 8.59. The molecule has 25 heavy (non-hydrogen) atoms. The van der Waals surface area contributed by atoms with Crippen LogP contribution in [0.2, 0.25) is 5.02 Å². The number of hydrogen-bond acceptors (Lipinski definition) is 3. The number of aromatic nitrogens is 2. The average Bonchev–Trinajstić information content (AvgIpc) is 2.89. The fraction of sp³-hybridized carbons (Fsp3) is 0.529. The van der Waals surface area contributed by atoms with Crippen molar-refractivity contribution >= 4 is 11.6 Å². The number of hydrogen-bond donors (Lipinski definition) is 0. The fourth-order valence-corrected chi connectivity index (χ4v) is 3.46. The van der Waals surface area contributed by atoms with Crippen LogP contribution < -0.4 is 5.76 Å². The Balaban J connectivity index is 1.69. The monoisotopic (exact) mass is 374 g/mol. The van der Waals surface area contributed by atoms with E-state index in [2.05, 4.69) is 5.16 Å². The molecule has 1 aromatic heterocycles. The quantitative estimate of drug-likeness (QED) is 0.786. The Labute approximate surface area is 147 Å². The molecule has 136 valence electrons. The molecule has 1 aliphatic carbocycles. The maximum atomic E-state index is 13.8. The summed E-state index contributed by atoms with van der Waals surface area (Å²) in [6, 6.07) is 4.43. The van der Waals surface area contributed by atoms with E-state index in [1.807, 2.05) is 0 Å². The third-order valence-electron chi connectivity index (χ3n) is 4.70. The zero-order valence-electron chi connectivity index (χ0n) is 13.5. The maximum absolute atomic E-state index is 13.8. The zero-order valence-corrected chi connectivity index (χ0v) is 14.2. The lowest BCUT2D eigenvalue weighted by Crippen LogP contribution is -2.29. The van der Waals surface area contributed by atoms with Crippen LogP contribution in [0.4, 0.5) is 13.2 Å². The fourth-order valence-electron chi connectivity index (χ4n) is 3.20. The average molecular weight is 375 g/mol. The number of halogens is 4. The minimum Gasteiger partial charge on any atom is -0.296 e. The van der Waals surface area contributed by atoms with E-state index in [4.69, 9.17) is 16.1 Å². The predicted octanol–water partition coefficient (Wildman–Crippen LogP) is 4.24. The Bertz CT molecular complexity index is 773. The lowest BCUT2D eigenvalue weighted by molar-refractivity contribution is -0.0475. The van der Waals surface area contributed by atoms with Crippen LogP contribution >= 0.6 is 11.6 Å². The Morgan fingerprint density at radius 3 is 2.68 bits per heavy atom. The van der Waals surface area contributed by atoms with Crippen molar-refractivity contribution in [1.82, 2.24) is 9.72 Å². The highest BCUT2D eigenvalue weighted by Gasteiger charge is 2.35. The van der Waals surface area contributed by atoms with E-state index in [-0.39, 0.29) is 31.6 Å². The topological polar surface area (TPSA) is 48.0 Å². The summed E-state index contributed by atoms with van der Waals surface area (Å²) in [6.07, 6.45) is 0.900. The van der Waals surface area contributed by atoms with Crippen LogP contribution in [0, 0.1) is 11.7 Å². The molecule has 3 rings (SSSR count). The van der Waals surface area contributed by atoms with Gasteiger partial charge in [0, 0.05) is 36.4 Å². The van der Waals surface area contributed by atoms with Crippen molar-refractivity contribution in [3.63, 3.8) is 0 Å². The van der Waals surface area contributed by atoms with Crippen LogP contribution in [-0.4, -0.2) is 15.6 Å². The third kappa shape index (κ3) is 4.26. The van der Waals surface area contributed by atoms with Crippen molar-refractivity contribution < 1.29 is 17.7 Å². The van der Waals surface area contributed by atoms with Gasteiger partial charge in [-0.05, 0) is 37.3 Å². The molecular formula is C17H18ClF3N2O2. The molecule has 0 spiro atoms. The van der Waals surface area contributed by atoms with Gasteiger partial charge in [-0.15, -0.1) is 0 Å². The normalized spacial score (nSPS) is 17.8. The Morgan fingerprint density at radius 2 is 2.00 bits per heavy atom. The molecule has 1 heterocycles. The van der Waals surface area contributed by atoms with E-state index in [1.165, 1.54) is 16.7 Å². The summed E-state index contributed by atoms with van der Waals surface area (Å²) in [7, 11) is 0. The van der Waals surface area contributed by atoms with Crippen molar-refractivity contribution in [2.45, 2.75) is 51.0 Å². The summed E-state index contributed by atoms with van der Waals surface area (Å²) in [4.78, 5) is 11.9. The summed E-state index contributed by atoms with van der Waals surface area (Å²) in [5.41, 5.74) is 0.350. The van der Waals surface area contributed by atoms with Gasteiger partial charge in [0.05, 0.1) is 0 Å².